The Balaban J connectivity index is 1.80. The van der Waals surface area contributed by atoms with Gasteiger partial charge in [0.1, 0.15) is 0 Å². The van der Waals surface area contributed by atoms with Crippen molar-refractivity contribution < 1.29 is 9.59 Å². The molecule has 0 unspecified atom stereocenters. The zero-order valence-electron chi connectivity index (χ0n) is 14.4. The van der Waals surface area contributed by atoms with E-state index in [2.05, 4.69) is 26.6 Å². The molecule has 2 N–H and O–H groups in total. The first-order valence-electron chi connectivity index (χ1n) is 8.03. The Kier molecular flexibility index (Phi) is 7.01. The first-order valence-corrected chi connectivity index (χ1v) is 8.82. The standard InChI is InChI=1S/C19H22BrN3O2/c1-23(2)19(25)12-9-14-7-10-15(11-8-14)21-13-18(24)22-17-6-4-3-5-16(17)20/h3-8,10-11,21H,9,12-13H2,1-2H3,(H,22,24). The van der Waals surface area contributed by atoms with Crippen LogP contribution in [0.5, 0.6) is 0 Å². The minimum absolute atomic E-state index is 0.117. The summed E-state index contributed by atoms with van der Waals surface area (Å²) in [5.74, 6) is -0.00139. The zero-order chi connectivity index (χ0) is 18.2. The van der Waals surface area contributed by atoms with Crippen molar-refractivity contribution in [3.05, 3.63) is 58.6 Å². The molecule has 0 aliphatic rings. The Morgan fingerprint density at radius 3 is 2.36 bits per heavy atom. The summed E-state index contributed by atoms with van der Waals surface area (Å²) in [5, 5.41) is 5.94. The van der Waals surface area contributed by atoms with E-state index < -0.39 is 0 Å². The fourth-order valence-electron chi connectivity index (χ4n) is 2.20. The lowest BCUT2D eigenvalue weighted by atomic mass is 10.1. The quantitative estimate of drug-likeness (QED) is 0.743. The highest BCUT2D eigenvalue weighted by Crippen LogP contribution is 2.21. The molecule has 132 valence electrons. The first kappa shape index (κ1) is 19.0. The van der Waals surface area contributed by atoms with Crippen molar-refractivity contribution >= 4 is 39.1 Å². The molecule has 2 aromatic rings. The predicted molar refractivity (Wildman–Crippen MR) is 105 cm³/mol. The first-order chi connectivity index (χ1) is 12.0. The van der Waals surface area contributed by atoms with Crippen LogP contribution in [0.4, 0.5) is 11.4 Å². The van der Waals surface area contributed by atoms with Gasteiger partial charge in [-0.3, -0.25) is 9.59 Å². The van der Waals surface area contributed by atoms with Crippen LogP contribution in [0.1, 0.15) is 12.0 Å². The van der Waals surface area contributed by atoms with Gasteiger partial charge in [0.05, 0.1) is 12.2 Å². The summed E-state index contributed by atoms with van der Waals surface area (Å²) in [6, 6.07) is 15.3. The maximum Gasteiger partial charge on any atom is 0.243 e. The van der Waals surface area contributed by atoms with Gasteiger partial charge in [-0.25, -0.2) is 0 Å². The van der Waals surface area contributed by atoms with E-state index in [1.807, 2.05) is 48.5 Å². The van der Waals surface area contributed by atoms with Crippen molar-refractivity contribution in [1.82, 2.24) is 4.90 Å². The van der Waals surface area contributed by atoms with E-state index in [1.165, 1.54) is 0 Å². The van der Waals surface area contributed by atoms with Crippen LogP contribution in [-0.2, 0) is 16.0 Å². The van der Waals surface area contributed by atoms with Gasteiger partial charge < -0.3 is 15.5 Å². The molecule has 0 aromatic heterocycles. The molecule has 5 nitrogen and oxygen atoms in total. The zero-order valence-corrected chi connectivity index (χ0v) is 16.0. The fourth-order valence-corrected chi connectivity index (χ4v) is 2.59. The molecule has 25 heavy (non-hydrogen) atoms. The monoisotopic (exact) mass is 403 g/mol. The molecule has 6 heteroatoms. The lowest BCUT2D eigenvalue weighted by Gasteiger charge is -2.11. The number of hydrogen-bond donors (Lipinski definition) is 2. The second-order valence-corrected chi connectivity index (χ2v) is 6.72. The van der Waals surface area contributed by atoms with Crippen molar-refractivity contribution in [1.29, 1.82) is 0 Å². The van der Waals surface area contributed by atoms with Crippen molar-refractivity contribution in [3.63, 3.8) is 0 Å². The molecule has 0 fully saturated rings. The smallest absolute Gasteiger partial charge is 0.243 e. The predicted octanol–water partition coefficient (Wildman–Crippen LogP) is 3.52. The summed E-state index contributed by atoms with van der Waals surface area (Å²) in [6.07, 6.45) is 1.20. The summed E-state index contributed by atoms with van der Waals surface area (Å²) < 4.78 is 0.847. The number of carbonyl (C=O) groups is 2. The van der Waals surface area contributed by atoms with Crippen molar-refractivity contribution in [2.75, 3.05) is 31.3 Å². The van der Waals surface area contributed by atoms with Gasteiger partial charge in [-0.05, 0) is 52.2 Å². The second kappa shape index (κ2) is 9.22. The van der Waals surface area contributed by atoms with E-state index in [4.69, 9.17) is 0 Å². The molecular weight excluding hydrogens is 382 g/mol. The molecule has 0 aliphatic carbocycles. The van der Waals surface area contributed by atoms with Crippen LogP contribution in [0, 0.1) is 0 Å². The molecule has 0 saturated carbocycles. The third-order valence-corrected chi connectivity index (χ3v) is 4.37. The molecule has 0 spiro atoms. The number of halogens is 1. The normalized spacial score (nSPS) is 10.2. The average Bonchev–Trinajstić information content (AvgIpc) is 2.60. The van der Waals surface area contributed by atoms with E-state index in [0.717, 1.165) is 21.4 Å². The van der Waals surface area contributed by atoms with Crippen LogP contribution >= 0.6 is 15.9 Å². The van der Waals surface area contributed by atoms with E-state index in [0.29, 0.717) is 12.8 Å². The fraction of sp³-hybridized carbons (Fsp3) is 0.263. The number of rotatable bonds is 7. The molecule has 2 aromatic carbocycles. The van der Waals surface area contributed by atoms with Gasteiger partial charge in [0, 0.05) is 30.7 Å². The number of benzene rings is 2. The number of nitrogens with one attached hydrogen (secondary N) is 2. The molecule has 0 saturated heterocycles. The second-order valence-electron chi connectivity index (χ2n) is 5.87. The summed E-state index contributed by atoms with van der Waals surface area (Å²) in [4.78, 5) is 25.2. The summed E-state index contributed by atoms with van der Waals surface area (Å²) in [6.45, 7) is 0.180. The number of hydrogen-bond acceptors (Lipinski definition) is 3. The highest BCUT2D eigenvalue weighted by Gasteiger charge is 2.06. The van der Waals surface area contributed by atoms with E-state index >= 15 is 0 Å². The van der Waals surface area contributed by atoms with E-state index in [1.54, 1.807) is 19.0 Å². The van der Waals surface area contributed by atoms with E-state index in [-0.39, 0.29) is 18.4 Å². The Morgan fingerprint density at radius 2 is 1.72 bits per heavy atom. The lowest BCUT2D eigenvalue weighted by molar-refractivity contribution is -0.128. The highest BCUT2D eigenvalue weighted by atomic mass is 79.9. The van der Waals surface area contributed by atoms with Gasteiger partial charge in [-0.15, -0.1) is 0 Å². The van der Waals surface area contributed by atoms with Crippen LogP contribution < -0.4 is 10.6 Å². The number of para-hydroxylation sites is 1. The number of aryl methyl sites for hydroxylation is 1. The maximum atomic E-state index is 12.0. The lowest BCUT2D eigenvalue weighted by Crippen LogP contribution is -2.22. The Bertz CT molecular complexity index is 730. The molecule has 0 atom stereocenters. The molecule has 2 amide bonds. The topological polar surface area (TPSA) is 61.4 Å². The van der Waals surface area contributed by atoms with Crippen LogP contribution in [-0.4, -0.2) is 37.4 Å². The van der Waals surface area contributed by atoms with Gasteiger partial charge in [0.25, 0.3) is 0 Å². The minimum atomic E-state index is -0.118. The third-order valence-electron chi connectivity index (χ3n) is 3.68. The maximum absolute atomic E-state index is 12.0. The average molecular weight is 404 g/mol. The van der Waals surface area contributed by atoms with Crippen molar-refractivity contribution in [3.8, 4) is 0 Å². The van der Waals surface area contributed by atoms with Gasteiger partial charge in [-0.1, -0.05) is 24.3 Å². The third kappa shape index (κ3) is 6.23. The number of carbonyl (C=O) groups excluding carboxylic acids is 2. The molecule has 0 aliphatic heterocycles. The van der Waals surface area contributed by atoms with Crippen LogP contribution in [0.2, 0.25) is 0 Å². The SMILES string of the molecule is CN(C)C(=O)CCc1ccc(NCC(=O)Nc2ccccc2Br)cc1. The van der Waals surface area contributed by atoms with Crippen LogP contribution in [0.3, 0.4) is 0 Å². The molecule has 0 heterocycles. The van der Waals surface area contributed by atoms with Gasteiger partial charge in [0.2, 0.25) is 11.8 Å². The van der Waals surface area contributed by atoms with Gasteiger partial charge in [-0.2, -0.15) is 0 Å². The summed E-state index contributed by atoms with van der Waals surface area (Å²) in [7, 11) is 3.52. The Hall–Kier alpha value is -2.34. The highest BCUT2D eigenvalue weighted by molar-refractivity contribution is 9.10. The number of amides is 2. The van der Waals surface area contributed by atoms with E-state index in [9.17, 15) is 9.59 Å². The minimum Gasteiger partial charge on any atom is -0.376 e. The van der Waals surface area contributed by atoms with Crippen LogP contribution in [0.15, 0.2) is 53.0 Å². The van der Waals surface area contributed by atoms with Gasteiger partial charge in [0.15, 0.2) is 0 Å². The molecule has 0 radical (unpaired) electrons. The molecule has 2 rings (SSSR count). The number of anilines is 2. The molecular formula is C19H22BrN3O2. The van der Waals surface area contributed by atoms with Crippen LogP contribution in [0.25, 0.3) is 0 Å². The summed E-state index contributed by atoms with van der Waals surface area (Å²) >= 11 is 3.40. The largest absolute Gasteiger partial charge is 0.376 e. The Labute approximate surface area is 156 Å². The Morgan fingerprint density at radius 1 is 1.04 bits per heavy atom. The number of nitrogens with zero attached hydrogens (tertiary/aromatic N) is 1. The van der Waals surface area contributed by atoms with Crippen molar-refractivity contribution in [2.24, 2.45) is 0 Å². The summed E-state index contributed by atoms with van der Waals surface area (Å²) in [5.41, 5.74) is 2.71. The van der Waals surface area contributed by atoms with Crippen molar-refractivity contribution in [2.45, 2.75) is 12.8 Å². The molecule has 0 bridgehead atoms. The van der Waals surface area contributed by atoms with Gasteiger partial charge >= 0.3 is 0 Å².